The number of nitrogens with zero attached hydrogens (tertiary/aromatic N) is 1. The quantitative estimate of drug-likeness (QED) is 0.256. The zero-order chi connectivity index (χ0) is 16.0. The van der Waals surface area contributed by atoms with Crippen molar-refractivity contribution in [2.75, 3.05) is 32.8 Å². The van der Waals surface area contributed by atoms with E-state index < -0.39 is 0 Å². The molecule has 6 heteroatoms. The first-order valence-electron chi connectivity index (χ1n) is 8.11. The van der Waals surface area contributed by atoms with E-state index in [9.17, 15) is 4.39 Å². The normalized spacial score (nSPS) is 11.0. The molecule has 0 unspecified atom stereocenters. The number of unbranched alkanes of at least 4 members (excludes halogenated alkanes) is 1. The molecule has 2 N–H and O–H groups in total. The summed E-state index contributed by atoms with van der Waals surface area (Å²) in [6.07, 6.45) is 2.86. The minimum atomic E-state index is -0.157. The van der Waals surface area contributed by atoms with Crippen LogP contribution < -0.4 is 10.6 Å². The van der Waals surface area contributed by atoms with Crippen LogP contribution in [0.15, 0.2) is 29.3 Å². The van der Waals surface area contributed by atoms with Crippen molar-refractivity contribution in [2.45, 2.75) is 33.1 Å². The molecule has 0 saturated heterocycles. The third-order valence-corrected chi connectivity index (χ3v) is 3.14. The fourth-order valence-corrected chi connectivity index (χ4v) is 1.93. The molecule has 0 saturated carbocycles. The molecule has 0 aliphatic rings. The zero-order valence-corrected chi connectivity index (χ0v) is 16.4. The van der Waals surface area contributed by atoms with E-state index in [-0.39, 0.29) is 29.8 Å². The molecule has 0 bridgehead atoms. The summed E-state index contributed by atoms with van der Waals surface area (Å²) in [4.78, 5) is 4.44. The number of aliphatic imine (C=N–C) groups is 1. The molecule has 0 aromatic heterocycles. The van der Waals surface area contributed by atoms with Crippen molar-refractivity contribution in [2.24, 2.45) is 4.99 Å². The summed E-state index contributed by atoms with van der Waals surface area (Å²) in [5.74, 6) is 0.591. The maximum atomic E-state index is 13.5. The topological polar surface area (TPSA) is 45.6 Å². The van der Waals surface area contributed by atoms with Gasteiger partial charge in [0.25, 0.3) is 0 Å². The average Bonchev–Trinajstić information content (AvgIpc) is 2.52. The third kappa shape index (κ3) is 10.5. The molecule has 0 aliphatic heterocycles. The van der Waals surface area contributed by atoms with E-state index in [0.29, 0.717) is 31.7 Å². The smallest absolute Gasteiger partial charge is 0.191 e. The summed E-state index contributed by atoms with van der Waals surface area (Å²) in [7, 11) is 0. The van der Waals surface area contributed by atoms with Gasteiger partial charge in [-0.1, -0.05) is 31.5 Å². The summed E-state index contributed by atoms with van der Waals surface area (Å²) in [5.41, 5.74) is 0.716. The first-order chi connectivity index (χ1) is 10.8. The van der Waals surface area contributed by atoms with Crippen LogP contribution in [0.25, 0.3) is 0 Å². The number of nitrogens with one attached hydrogen (secondary N) is 2. The lowest BCUT2D eigenvalue weighted by Crippen LogP contribution is -2.38. The van der Waals surface area contributed by atoms with Crippen molar-refractivity contribution in [1.82, 2.24) is 10.6 Å². The van der Waals surface area contributed by atoms with Gasteiger partial charge in [-0.25, -0.2) is 4.39 Å². The Morgan fingerprint density at radius 3 is 2.65 bits per heavy atom. The molecule has 1 rings (SSSR count). The van der Waals surface area contributed by atoms with Crippen molar-refractivity contribution in [3.63, 3.8) is 0 Å². The minimum absolute atomic E-state index is 0. The van der Waals surface area contributed by atoms with E-state index in [1.165, 1.54) is 6.07 Å². The number of benzene rings is 1. The van der Waals surface area contributed by atoms with Crippen LogP contribution in [0, 0.1) is 5.82 Å². The van der Waals surface area contributed by atoms with Crippen LogP contribution in [0.4, 0.5) is 4.39 Å². The molecule has 4 nitrogen and oxygen atoms in total. The van der Waals surface area contributed by atoms with Crippen LogP contribution in [-0.2, 0) is 11.2 Å². The van der Waals surface area contributed by atoms with E-state index in [0.717, 1.165) is 32.0 Å². The summed E-state index contributed by atoms with van der Waals surface area (Å²) in [6, 6.07) is 6.85. The number of hydrogen-bond acceptors (Lipinski definition) is 2. The van der Waals surface area contributed by atoms with Crippen LogP contribution in [0.3, 0.4) is 0 Å². The Labute approximate surface area is 156 Å². The van der Waals surface area contributed by atoms with E-state index in [1.807, 2.05) is 19.1 Å². The number of guanidine groups is 1. The predicted octanol–water partition coefficient (Wildman–Crippen LogP) is 3.36. The molecular weight excluding hydrogens is 408 g/mol. The lowest BCUT2D eigenvalue weighted by molar-refractivity contribution is 0.139. The molecule has 1 aromatic carbocycles. The molecule has 0 radical (unpaired) electrons. The molecular formula is C17H29FIN3O. The van der Waals surface area contributed by atoms with Gasteiger partial charge in [0.2, 0.25) is 0 Å². The number of hydrogen-bond donors (Lipinski definition) is 2. The van der Waals surface area contributed by atoms with Crippen molar-refractivity contribution in [3.05, 3.63) is 35.6 Å². The molecule has 0 aliphatic carbocycles. The Hall–Kier alpha value is -0.890. The molecule has 0 amide bonds. The second-order valence-electron chi connectivity index (χ2n) is 4.99. The molecule has 132 valence electrons. The van der Waals surface area contributed by atoms with Gasteiger partial charge < -0.3 is 15.4 Å². The Morgan fingerprint density at radius 2 is 1.96 bits per heavy atom. The Bertz CT molecular complexity index is 444. The first-order valence-corrected chi connectivity index (χ1v) is 8.11. The molecule has 0 atom stereocenters. The van der Waals surface area contributed by atoms with Crippen molar-refractivity contribution in [3.8, 4) is 0 Å². The number of rotatable bonds is 10. The standard InChI is InChI=1S/C17H28FN3O.HI/c1-3-5-13-22-14-12-21-17(19-4-2)20-11-10-15-8-6-7-9-16(15)18;/h6-9H,3-5,10-14H2,1-2H3,(H2,19,20,21);1H. The highest BCUT2D eigenvalue weighted by Crippen LogP contribution is 2.05. The van der Waals surface area contributed by atoms with Crippen LogP contribution >= 0.6 is 24.0 Å². The van der Waals surface area contributed by atoms with E-state index in [2.05, 4.69) is 22.5 Å². The van der Waals surface area contributed by atoms with Gasteiger partial charge in [0, 0.05) is 19.7 Å². The lowest BCUT2D eigenvalue weighted by Gasteiger charge is -2.11. The summed E-state index contributed by atoms with van der Waals surface area (Å²) < 4.78 is 19.0. The molecule has 0 spiro atoms. The number of halogens is 2. The van der Waals surface area contributed by atoms with Gasteiger partial charge in [-0.2, -0.15) is 0 Å². The van der Waals surface area contributed by atoms with Gasteiger partial charge in [0.05, 0.1) is 13.2 Å². The SMILES string of the molecule is CCCCOCCN=C(NCC)NCCc1ccccc1F.I. The van der Waals surface area contributed by atoms with Crippen LogP contribution in [0.1, 0.15) is 32.3 Å². The van der Waals surface area contributed by atoms with Gasteiger partial charge >= 0.3 is 0 Å². The fourth-order valence-electron chi connectivity index (χ4n) is 1.93. The highest BCUT2D eigenvalue weighted by atomic mass is 127. The monoisotopic (exact) mass is 437 g/mol. The second kappa shape index (κ2) is 14.7. The van der Waals surface area contributed by atoms with Gasteiger partial charge in [-0.05, 0) is 31.4 Å². The summed E-state index contributed by atoms with van der Waals surface area (Å²) >= 11 is 0. The highest BCUT2D eigenvalue weighted by molar-refractivity contribution is 14.0. The summed E-state index contributed by atoms with van der Waals surface area (Å²) in [6.45, 7) is 7.65. The maximum Gasteiger partial charge on any atom is 0.191 e. The van der Waals surface area contributed by atoms with Crippen LogP contribution in [0.2, 0.25) is 0 Å². The van der Waals surface area contributed by atoms with Gasteiger partial charge in [-0.15, -0.1) is 24.0 Å². The average molecular weight is 437 g/mol. The van der Waals surface area contributed by atoms with Gasteiger partial charge in [0.15, 0.2) is 5.96 Å². The van der Waals surface area contributed by atoms with Crippen molar-refractivity contribution >= 4 is 29.9 Å². The third-order valence-electron chi connectivity index (χ3n) is 3.14. The van der Waals surface area contributed by atoms with E-state index in [1.54, 1.807) is 6.07 Å². The van der Waals surface area contributed by atoms with Crippen LogP contribution in [-0.4, -0.2) is 38.8 Å². The maximum absolute atomic E-state index is 13.5. The second-order valence-corrected chi connectivity index (χ2v) is 4.99. The largest absolute Gasteiger partial charge is 0.380 e. The van der Waals surface area contributed by atoms with E-state index >= 15 is 0 Å². The minimum Gasteiger partial charge on any atom is -0.380 e. The van der Waals surface area contributed by atoms with E-state index in [4.69, 9.17) is 4.74 Å². The fraction of sp³-hybridized carbons (Fsp3) is 0.588. The highest BCUT2D eigenvalue weighted by Gasteiger charge is 2.01. The molecule has 23 heavy (non-hydrogen) atoms. The lowest BCUT2D eigenvalue weighted by atomic mass is 10.1. The van der Waals surface area contributed by atoms with Gasteiger partial charge in [0.1, 0.15) is 5.82 Å². The Kier molecular flexibility index (Phi) is 14.1. The molecule has 0 fully saturated rings. The van der Waals surface area contributed by atoms with Crippen molar-refractivity contribution < 1.29 is 9.13 Å². The zero-order valence-electron chi connectivity index (χ0n) is 14.1. The number of ether oxygens (including phenoxy) is 1. The molecule has 0 heterocycles. The Morgan fingerprint density at radius 1 is 1.17 bits per heavy atom. The summed E-state index contributed by atoms with van der Waals surface area (Å²) in [5, 5.41) is 6.39. The predicted molar refractivity (Wildman–Crippen MR) is 105 cm³/mol. The Balaban J connectivity index is 0.00000484. The first kappa shape index (κ1) is 22.1. The van der Waals surface area contributed by atoms with Crippen LogP contribution in [0.5, 0.6) is 0 Å². The molecule has 1 aromatic rings. The van der Waals surface area contributed by atoms with Gasteiger partial charge in [-0.3, -0.25) is 4.99 Å². The van der Waals surface area contributed by atoms with Crippen molar-refractivity contribution in [1.29, 1.82) is 0 Å².